The molecular weight excluding hydrogens is 322 g/mol. The van der Waals surface area contributed by atoms with E-state index in [1.165, 1.54) is 0 Å². The van der Waals surface area contributed by atoms with E-state index >= 15 is 0 Å². The monoisotopic (exact) mass is 339 g/mol. The van der Waals surface area contributed by atoms with Crippen LogP contribution in [0.1, 0.15) is 13.3 Å². The lowest BCUT2D eigenvalue weighted by Gasteiger charge is -2.17. The molecule has 3 aromatic carbocycles. The molecule has 1 N–H and O–H groups in total. The van der Waals surface area contributed by atoms with Gasteiger partial charge in [0.25, 0.3) is 5.91 Å². The zero-order valence-corrected chi connectivity index (χ0v) is 14.1. The summed E-state index contributed by atoms with van der Waals surface area (Å²) in [4.78, 5) is 12.5. The molecular formula is C20H18ClNO2. The first-order chi connectivity index (χ1) is 11.7. The number of anilines is 1. The first-order valence-electron chi connectivity index (χ1n) is 7.87. The highest BCUT2D eigenvalue weighted by Gasteiger charge is 2.18. The van der Waals surface area contributed by atoms with Crippen LogP contribution in [0.15, 0.2) is 66.7 Å². The second-order valence-electron chi connectivity index (χ2n) is 5.52. The Morgan fingerprint density at radius 1 is 1.04 bits per heavy atom. The highest BCUT2D eigenvalue weighted by Crippen LogP contribution is 2.21. The average molecular weight is 340 g/mol. The molecule has 3 nitrogen and oxygen atoms in total. The lowest BCUT2D eigenvalue weighted by atomic mass is 10.1. The maximum atomic E-state index is 12.5. The second kappa shape index (κ2) is 7.37. The molecule has 0 heterocycles. The van der Waals surface area contributed by atoms with Gasteiger partial charge in [-0.1, -0.05) is 54.9 Å². The molecule has 0 saturated heterocycles. The molecule has 24 heavy (non-hydrogen) atoms. The van der Waals surface area contributed by atoms with Gasteiger partial charge >= 0.3 is 0 Å². The van der Waals surface area contributed by atoms with Crippen molar-refractivity contribution in [3.8, 4) is 5.75 Å². The molecule has 3 aromatic rings. The third-order valence-electron chi connectivity index (χ3n) is 3.75. The van der Waals surface area contributed by atoms with Crippen LogP contribution in [-0.4, -0.2) is 12.0 Å². The Labute approximate surface area is 146 Å². The van der Waals surface area contributed by atoms with E-state index in [0.717, 1.165) is 16.5 Å². The molecule has 1 atom stereocenters. The standard InChI is InChI=1S/C20H18ClNO2/c1-2-19(24-18-9-5-8-16(21)13-18)20(23)22-17-11-10-14-6-3-4-7-15(14)12-17/h3-13,19H,2H2,1H3,(H,22,23)/t19-/m0/s1. The maximum Gasteiger partial charge on any atom is 0.265 e. The van der Waals surface area contributed by atoms with Gasteiger partial charge in [-0.15, -0.1) is 0 Å². The lowest BCUT2D eigenvalue weighted by molar-refractivity contribution is -0.122. The van der Waals surface area contributed by atoms with E-state index in [9.17, 15) is 4.79 Å². The molecule has 0 aromatic heterocycles. The summed E-state index contributed by atoms with van der Waals surface area (Å²) in [7, 11) is 0. The Morgan fingerprint density at radius 3 is 2.58 bits per heavy atom. The van der Waals surface area contributed by atoms with Crippen molar-refractivity contribution in [1.82, 2.24) is 0 Å². The molecule has 0 radical (unpaired) electrons. The number of carbonyl (C=O) groups is 1. The van der Waals surface area contributed by atoms with Gasteiger partial charge in [-0.3, -0.25) is 4.79 Å². The molecule has 3 rings (SSSR count). The molecule has 0 aliphatic heterocycles. The molecule has 0 unspecified atom stereocenters. The molecule has 1 amide bonds. The van der Waals surface area contributed by atoms with Crippen LogP contribution in [0.2, 0.25) is 5.02 Å². The molecule has 0 aliphatic carbocycles. The third-order valence-corrected chi connectivity index (χ3v) is 3.99. The fourth-order valence-corrected chi connectivity index (χ4v) is 2.70. The SMILES string of the molecule is CC[C@H](Oc1cccc(Cl)c1)C(=O)Nc1ccc2ccccc2c1. The average Bonchev–Trinajstić information content (AvgIpc) is 2.59. The van der Waals surface area contributed by atoms with Crippen molar-refractivity contribution in [3.63, 3.8) is 0 Å². The van der Waals surface area contributed by atoms with Crippen LogP contribution in [0, 0.1) is 0 Å². The largest absolute Gasteiger partial charge is 0.481 e. The van der Waals surface area contributed by atoms with Gasteiger partial charge in [-0.2, -0.15) is 0 Å². The zero-order valence-electron chi connectivity index (χ0n) is 13.3. The van der Waals surface area contributed by atoms with Gasteiger partial charge in [0.15, 0.2) is 6.10 Å². The highest BCUT2D eigenvalue weighted by atomic mass is 35.5. The Hall–Kier alpha value is -2.52. The van der Waals surface area contributed by atoms with Gasteiger partial charge in [-0.05, 0) is 47.5 Å². The molecule has 0 fully saturated rings. The Bertz CT molecular complexity index is 863. The predicted octanol–water partition coefficient (Wildman–Crippen LogP) is 5.29. The smallest absolute Gasteiger partial charge is 0.265 e. The topological polar surface area (TPSA) is 38.3 Å². The lowest BCUT2D eigenvalue weighted by Crippen LogP contribution is -2.32. The van der Waals surface area contributed by atoms with Crippen LogP contribution in [0.25, 0.3) is 10.8 Å². The second-order valence-corrected chi connectivity index (χ2v) is 5.96. The quantitative estimate of drug-likeness (QED) is 0.686. The van der Waals surface area contributed by atoms with Gasteiger partial charge < -0.3 is 10.1 Å². The third kappa shape index (κ3) is 3.87. The van der Waals surface area contributed by atoms with E-state index < -0.39 is 6.10 Å². The first kappa shape index (κ1) is 16.3. The van der Waals surface area contributed by atoms with Crippen LogP contribution >= 0.6 is 11.6 Å². The van der Waals surface area contributed by atoms with E-state index in [-0.39, 0.29) is 5.91 Å². The number of carbonyl (C=O) groups excluding carboxylic acids is 1. The van der Waals surface area contributed by atoms with Gasteiger partial charge in [0.2, 0.25) is 0 Å². The normalized spacial score (nSPS) is 11.9. The Morgan fingerprint density at radius 2 is 1.83 bits per heavy atom. The number of ether oxygens (including phenoxy) is 1. The van der Waals surface area contributed by atoms with Crippen LogP contribution in [0.3, 0.4) is 0 Å². The number of halogens is 1. The molecule has 4 heteroatoms. The molecule has 0 saturated carbocycles. The molecule has 122 valence electrons. The summed E-state index contributed by atoms with van der Waals surface area (Å²) < 4.78 is 5.77. The summed E-state index contributed by atoms with van der Waals surface area (Å²) in [5.74, 6) is 0.413. The summed E-state index contributed by atoms with van der Waals surface area (Å²) in [6.45, 7) is 1.91. The number of hydrogen-bond acceptors (Lipinski definition) is 2. The summed E-state index contributed by atoms with van der Waals surface area (Å²) in [5.41, 5.74) is 0.756. The number of fused-ring (bicyclic) bond motifs is 1. The summed E-state index contributed by atoms with van der Waals surface area (Å²) >= 11 is 5.96. The minimum Gasteiger partial charge on any atom is -0.481 e. The van der Waals surface area contributed by atoms with Crippen LogP contribution < -0.4 is 10.1 Å². The molecule has 0 aliphatic rings. The number of benzene rings is 3. The molecule has 0 spiro atoms. The maximum absolute atomic E-state index is 12.5. The van der Waals surface area contributed by atoms with E-state index in [0.29, 0.717) is 17.2 Å². The fourth-order valence-electron chi connectivity index (χ4n) is 2.52. The van der Waals surface area contributed by atoms with Crippen molar-refractivity contribution in [2.45, 2.75) is 19.4 Å². The number of amides is 1. The number of nitrogens with one attached hydrogen (secondary N) is 1. The summed E-state index contributed by atoms with van der Waals surface area (Å²) in [6, 6.07) is 20.9. The summed E-state index contributed by atoms with van der Waals surface area (Å²) in [5, 5.41) is 5.72. The van der Waals surface area contributed by atoms with Crippen molar-refractivity contribution < 1.29 is 9.53 Å². The van der Waals surface area contributed by atoms with E-state index in [2.05, 4.69) is 5.32 Å². The first-order valence-corrected chi connectivity index (χ1v) is 8.25. The van der Waals surface area contributed by atoms with Crippen molar-refractivity contribution in [2.75, 3.05) is 5.32 Å². The Kier molecular flexibility index (Phi) is 5.02. The fraction of sp³-hybridized carbons (Fsp3) is 0.150. The van der Waals surface area contributed by atoms with Crippen molar-refractivity contribution in [3.05, 3.63) is 71.8 Å². The zero-order chi connectivity index (χ0) is 16.9. The van der Waals surface area contributed by atoms with E-state index in [1.807, 2.05) is 49.4 Å². The predicted molar refractivity (Wildman–Crippen MR) is 98.7 cm³/mol. The van der Waals surface area contributed by atoms with Gasteiger partial charge in [0.1, 0.15) is 5.75 Å². The van der Waals surface area contributed by atoms with E-state index in [4.69, 9.17) is 16.3 Å². The highest BCUT2D eigenvalue weighted by molar-refractivity contribution is 6.30. The summed E-state index contributed by atoms with van der Waals surface area (Å²) in [6.07, 6.45) is -0.0127. The number of hydrogen-bond donors (Lipinski definition) is 1. The minimum absolute atomic E-state index is 0.173. The van der Waals surface area contributed by atoms with Gasteiger partial charge in [-0.25, -0.2) is 0 Å². The van der Waals surface area contributed by atoms with Crippen LogP contribution in [0.4, 0.5) is 5.69 Å². The van der Waals surface area contributed by atoms with Crippen molar-refractivity contribution in [1.29, 1.82) is 0 Å². The van der Waals surface area contributed by atoms with Crippen LogP contribution in [0.5, 0.6) is 5.75 Å². The van der Waals surface area contributed by atoms with Crippen molar-refractivity contribution in [2.24, 2.45) is 0 Å². The van der Waals surface area contributed by atoms with Crippen LogP contribution in [-0.2, 0) is 4.79 Å². The van der Waals surface area contributed by atoms with Crippen molar-refractivity contribution >= 4 is 34.0 Å². The van der Waals surface area contributed by atoms with Gasteiger partial charge in [0.05, 0.1) is 0 Å². The molecule has 0 bridgehead atoms. The van der Waals surface area contributed by atoms with Gasteiger partial charge in [0, 0.05) is 10.7 Å². The van der Waals surface area contributed by atoms with E-state index in [1.54, 1.807) is 24.3 Å². The minimum atomic E-state index is -0.574. The number of rotatable bonds is 5. The Balaban J connectivity index is 1.73.